The largest absolute Gasteiger partial charge is 0.478 e. The Hall–Kier alpha value is -3.40. The van der Waals surface area contributed by atoms with E-state index in [9.17, 15) is 18.3 Å². The van der Waals surface area contributed by atoms with Crippen molar-refractivity contribution in [3.63, 3.8) is 0 Å². The Balaban J connectivity index is 1.86. The zero-order valence-corrected chi connectivity index (χ0v) is 20.9. The van der Waals surface area contributed by atoms with Crippen LogP contribution in [0.5, 0.6) is 0 Å². The highest BCUT2D eigenvalue weighted by atomic mass is 32.2. The summed E-state index contributed by atoms with van der Waals surface area (Å²) in [6.07, 6.45) is 2.25. The van der Waals surface area contributed by atoms with Gasteiger partial charge < -0.3 is 10.0 Å². The number of carboxylic acid groups (broad SMARTS) is 1. The van der Waals surface area contributed by atoms with Crippen molar-refractivity contribution in [2.45, 2.75) is 58.0 Å². The van der Waals surface area contributed by atoms with Gasteiger partial charge in [-0.1, -0.05) is 32.9 Å². The topological polar surface area (TPSA) is 117 Å². The van der Waals surface area contributed by atoms with Crippen molar-refractivity contribution in [2.24, 2.45) is 0 Å². The van der Waals surface area contributed by atoms with Crippen LogP contribution >= 0.6 is 0 Å². The van der Waals surface area contributed by atoms with E-state index in [-0.39, 0.29) is 27.9 Å². The van der Waals surface area contributed by atoms with E-state index >= 15 is 0 Å². The van der Waals surface area contributed by atoms with Crippen molar-refractivity contribution in [1.29, 1.82) is 0 Å². The number of sulfonamides is 1. The Labute approximate surface area is 200 Å². The first kappa shape index (κ1) is 25.2. The summed E-state index contributed by atoms with van der Waals surface area (Å²) in [4.78, 5) is 18.1. The van der Waals surface area contributed by atoms with Crippen LogP contribution in [0, 0.1) is 6.92 Å². The average molecular weight is 486 g/mol. The molecule has 2 heterocycles. The van der Waals surface area contributed by atoms with Gasteiger partial charge in [-0.05, 0) is 49.1 Å². The van der Waals surface area contributed by atoms with Gasteiger partial charge in [0, 0.05) is 13.6 Å². The zero-order valence-electron chi connectivity index (χ0n) is 20.1. The number of aromatic nitrogens is 3. The zero-order chi connectivity index (χ0) is 25.0. The average Bonchev–Trinajstić information content (AvgIpc) is 3.12. The first-order valence-electron chi connectivity index (χ1n) is 11.1. The van der Waals surface area contributed by atoms with E-state index < -0.39 is 16.0 Å². The van der Waals surface area contributed by atoms with Gasteiger partial charge >= 0.3 is 5.97 Å². The molecule has 2 aromatic heterocycles. The van der Waals surface area contributed by atoms with E-state index in [1.54, 1.807) is 24.1 Å². The van der Waals surface area contributed by atoms with Gasteiger partial charge in [-0.2, -0.15) is 5.10 Å². The molecule has 3 aromatic rings. The third-order valence-electron chi connectivity index (χ3n) is 5.39. The molecule has 0 fully saturated rings. The quantitative estimate of drug-likeness (QED) is 0.441. The summed E-state index contributed by atoms with van der Waals surface area (Å²) < 4.78 is 30.0. The van der Waals surface area contributed by atoms with Crippen molar-refractivity contribution >= 4 is 27.5 Å². The minimum atomic E-state index is -3.90. The number of benzene rings is 1. The molecule has 0 aliphatic carbocycles. The van der Waals surface area contributed by atoms with Crippen LogP contribution in [0.15, 0.2) is 47.5 Å². The summed E-state index contributed by atoms with van der Waals surface area (Å²) in [6.45, 7) is 9.19. The summed E-state index contributed by atoms with van der Waals surface area (Å²) >= 11 is 0. The molecule has 0 aliphatic heterocycles. The van der Waals surface area contributed by atoms with E-state index in [4.69, 9.17) is 0 Å². The van der Waals surface area contributed by atoms with Crippen molar-refractivity contribution in [3.05, 3.63) is 65.1 Å². The van der Waals surface area contributed by atoms with E-state index in [0.717, 1.165) is 29.9 Å². The second-order valence-corrected chi connectivity index (χ2v) is 10.3. The monoisotopic (exact) mass is 485 g/mol. The molecule has 1 aromatic carbocycles. The van der Waals surface area contributed by atoms with Gasteiger partial charge in [0.25, 0.3) is 10.0 Å². The highest BCUT2D eigenvalue weighted by molar-refractivity contribution is 7.92. The number of carbonyl (C=O) groups is 1. The van der Waals surface area contributed by atoms with Crippen molar-refractivity contribution in [1.82, 2.24) is 14.8 Å². The number of carboxylic acids is 1. The summed E-state index contributed by atoms with van der Waals surface area (Å²) in [5.41, 5.74) is 2.83. The third kappa shape index (κ3) is 5.74. The van der Waals surface area contributed by atoms with Gasteiger partial charge in [0.1, 0.15) is 11.4 Å². The first-order chi connectivity index (χ1) is 16.0. The van der Waals surface area contributed by atoms with E-state index in [1.807, 2.05) is 31.5 Å². The van der Waals surface area contributed by atoms with Crippen LogP contribution in [-0.4, -0.2) is 41.3 Å². The predicted octanol–water partition coefficient (Wildman–Crippen LogP) is 4.26. The molecule has 0 atom stereocenters. The predicted molar refractivity (Wildman–Crippen MR) is 132 cm³/mol. The van der Waals surface area contributed by atoms with E-state index in [0.29, 0.717) is 6.54 Å². The van der Waals surface area contributed by atoms with Gasteiger partial charge in [0.15, 0.2) is 0 Å². The van der Waals surface area contributed by atoms with E-state index in [1.165, 1.54) is 24.4 Å². The number of hydrogen-bond donors (Lipinski definition) is 2. The van der Waals surface area contributed by atoms with Crippen LogP contribution in [-0.2, 0) is 23.1 Å². The molecule has 9 nitrogen and oxygen atoms in total. The molecular formula is C24H31N5O4S. The molecule has 0 amide bonds. The third-order valence-corrected chi connectivity index (χ3v) is 6.79. The summed E-state index contributed by atoms with van der Waals surface area (Å²) in [7, 11) is -2.15. The summed E-state index contributed by atoms with van der Waals surface area (Å²) in [5, 5.41) is 14.3. The lowest BCUT2D eigenvalue weighted by Gasteiger charge is -2.21. The Morgan fingerprint density at radius 2 is 1.88 bits per heavy atom. The number of anilines is 2. The summed E-state index contributed by atoms with van der Waals surface area (Å²) in [5.74, 6) is -0.685. The molecule has 34 heavy (non-hydrogen) atoms. The van der Waals surface area contributed by atoms with Gasteiger partial charge in [0.2, 0.25) is 0 Å². The lowest BCUT2D eigenvalue weighted by molar-refractivity contribution is 0.0697. The number of nitrogens with zero attached hydrogens (tertiary/aromatic N) is 4. The Morgan fingerprint density at radius 3 is 2.47 bits per heavy atom. The maximum Gasteiger partial charge on any atom is 0.339 e. The van der Waals surface area contributed by atoms with Crippen LogP contribution < -0.4 is 9.62 Å². The maximum absolute atomic E-state index is 12.8. The van der Waals surface area contributed by atoms with Crippen LogP contribution in [0.3, 0.4) is 0 Å². The number of hydrogen-bond acceptors (Lipinski definition) is 6. The first-order valence-corrected chi connectivity index (χ1v) is 12.6. The Morgan fingerprint density at radius 1 is 1.21 bits per heavy atom. The molecule has 0 spiro atoms. The highest BCUT2D eigenvalue weighted by Gasteiger charge is 2.21. The second-order valence-electron chi connectivity index (χ2n) is 8.59. The number of pyridine rings is 1. The van der Waals surface area contributed by atoms with Crippen molar-refractivity contribution in [3.8, 4) is 0 Å². The highest BCUT2D eigenvalue weighted by Crippen LogP contribution is 2.25. The lowest BCUT2D eigenvalue weighted by atomic mass is 10.0. The Kier molecular flexibility index (Phi) is 7.61. The molecule has 0 unspecified atom stereocenters. The molecule has 2 N–H and O–H groups in total. The number of aryl methyl sites for hydroxylation is 2. The Bertz CT molecular complexity index is 1270. The molecule has 0 aliphatic rings. The minimum Gasteiger partial charge on any atom is -0.478 e. The van der Waals surface area contributed by atoms with Gasteiger partial charge in [-0.3, -0.25) is 9.40 Å². The van der Waals surface area contributed by atoms with Crippen LogP contribution in [0.25, 0.3) is 0 Å². The summed E-state index contributed by atoms with van der Waals surface area (Å²) in [6, 6.07) is 9.85. The molecule has 10 heteroatoms. The number of nitrogens with one attached hydrogen (secondary N) is 1. The van der Waals surface area contributed by atoms with Crippen molar-refractivity contribution < 1.29 is 18.3 Å². The molecule has 182 valence electrons. The van der Waals surface area contributed by atoms with Crippen LogP contribution in [0.1, 0.15) is 60.4 Å². The molecule has 0 radical (unpaired) electrons. The fourth-order valence-electron chi connectivity index (χ4n) is 3.67. The maximum atomic E-state index is 12.8. The van der Waals surface area contributed by atoms with Crippen molar-refractivity contribution in [2.75, 3.05) is 16.7 Å². The second kappa shape index (κ2) is 10.3. The number of aromatic carboxylic acids is 1. The van der Waals surface area contributed by atoms with Crippen LogP contribution in [0.2, 0.25) is 0 Å². The fraction of sp³-hybridized carbons (Fsp3) is 0.375. The minimum absolute atomic E-state index is 0.0781. The standard InChI is InChI=1S/C24H31N5O4S/c1-6-11-29-20(12-17(4)26-29)15-28(5)23-22(24(30)31)13-19(14-25-23)27-34(32,33)21-9-7-18(8-10-21)16(2)3/h7-10,12-14,16,27H,6,11,15H2,1-5H3,(H,30,31). The molecule has 3 rings (SSSR count). The van der Waals surface area contributed by atoms with E-state index in [2.05, 4.69) is 21.7 Å². The smallest absolute Gasteiger partial charge is 0.339 e. The van der Waals surface area contributed by atoms with Gasteiger partial charge in [-0.25, -0.2) is 18.2 Å². The number of rotatable bonds is 10. The van der Waals surface area contributed by atoms with Gasteiger partial charge in [-0.15, -0.1) is 0 Å². The molecule has 0 saturated heterocycles. The molecular weight excluding hydrogens is 454 g/mol. The van der Waals surface area contributed by atoms with Gasteiger partial charge in [0.05, 0.1) is 34.7 Å². The molecule has 0 saturated carbocycles. The lowest BCUT2D eigenvalue weighted by Crippen LogP contribution is -2.23. The SMILES string of the molecule is CCCn1nc(C)cc1CN(C)c1ncc(NS(=O)(=O)c2ccc(C(C)C)cc2)cc1C(=O)O. The fourth-order valence-corrected chi connectivity index (χ4v) is 4.70. The normalized spacial score (nSPS) is 11.6. The molecule has 0 bridgehead atoms. The van der Waals surface area contributed by atoms with Crippen LogP contribution in [0.4, 0.5) is 11.5 Å².